The molecule has 0 spiro atoms. The molecule has 0 fully saturated rings. The van der Waals surface area contributed by atoms with Gasteiger partial charge in [-0.25, -0.2) is 4.98 Å². The van der Waals surface area contributed by atoms with Crippen molar-refractivity contribution in [2.24, 2.45) is 12.8 Å². The second-order valence-corrected chi connectivity index (χ2v) is 3.82. The minimum absolute atomic E-state index is 0.397. The van der Waals surface area contributed by atoms with Gasteiger partial charge >= 0.3 is 0 Å². The van der Waals surface area contributed by atoms with Gasteiger partial charge in [0.15, 0.2) is 5.15 Å². The number of rotatable bonds is 3. The van der Waals surface area contributed by atoms with E-state index in [0.29, 0.717) is 17.6 Å². The molecule has 4 heteroatoms. The van der Waals surface area contributed by atoms with Crippen molar-refractivity contribution in [1.82, 2.24) is 9.55 Å². The van der Waals surface area contributed by atoms with Crippen molar-refractivity contribution in [3.05, 3.63) is 16.7 Å². The minimum Gasteiger partial charge on any atom is -0.333 e. The van der Waals surface area contributed by atoms with Crippen LogP contribution in [0.4, 0.5) is 0 Å². The van der Waals surface area contributed by atoms with Gasteiger partial charge in [-0.05, 0) is 6.54 Å². The van der Waals surface area contributed by atoms with Crippen LogP contribution in [0.5, 0.6) is 0 Å². The molecule has 2 N–H and O–H groups in total. The van der Waals surface area contributed by atoms with Gasteiger partial charge in [-0.2, -0.15) is 0 Å². The van der Waals surface area contributed by atoms with Crippen molar-refractivity contribution in [2.45, 2.75) is 26.2 Å². The highest BCUT2D eigenvalue weighted by Gasteiger charge is 2.14. The van der Waals surface area contributed by atoms with Gasteiger partial charge in [-0.15, -0.1) is 0 Å². The monoisotopic (exact) mass is 201 g/mol. The second-order valence-electron chi connectivity index (χ2n) is 3.46. The molecule has 0 unspecified atom stereocenters. The van der Waals surface area contributed by atoms with Crippen LogP contribution >= 0.6 is 11.6 Å². The first-order chi connectivity index (χ1) is 6.07. The molecule has 0 aliphatic heterocycles. The van der Waals surface area contributed by atoms with Gasteiger partial charge < -0.3 is 10.3 Å². The summed E-state index contributed by atoms with van der Waals surface area (Å²) >= 11 is 5.99. The van der Waals surface area contributed by atoms with E-state index in [0.717, 1.165) is 17.9 Å². The number of hydrogen-bond donors (Lipinski definition) is 1. The third-order valence-corrected chi connectivity index (χ3v) is 2.40. The Hall–Kier alpha value is -0.540. The molecular weight excluding hydrogens is 186 g/mol. The molecule has 0 bridgehead atoms. The first kappa shape index (κ1) is 10.5. The van der Waals surface area contributed by atoms with E-state index in [2.05, 4.69) is 18.8 Å². The van der Waals surface area contributed by atoms with E-state index < -0.39 is 0 Å². The SMILES string of the molecule is CC(C)c1nc(Cl)c(CCN)n1C. The molecule has 1 aromatic rings. The van der Waals surface area contributed by atoms with Crippen molar-refractivity contribution < 1.29 is 0 Å². The fraction of sp³-hybridized carbons (Fsp3) is 0.667. The lowest BCUT2D eigenvalue weighted by Crippen LogP contribution is -2.09. The summed E-state index contributed by atoms with van der Waals surface area (Å²) < 4.78 is 2.04. The van der Waals surface area contributed by atoms with Crippen LogP contribution < -0.4 is 5.73 Å². The zero-order chi connectivity index (χ0) is 10.0. The maximum atomic E-state index is 5.99. The molecule has 1 aromatic heterocycles. The molecule has 1 heterocycles. The van der Waals surface area contributed by atoms with Crippen LogP contribution in [0.2, 0.25) is 5.15 Å². The smallest absolute Gasteiger partial charge is 0.150 e. The van der Waals surface area contributed by atoms with Gasteiger partial charge in [-0.3, -0.25) is 0 Å². The molecule has 0 amide bonds. The van der Waals surface area contributed by atoms with Gasteiger partial charge in [-0.1, -0.05) is 25.4 Å². The Balaban J connectivity index is 3.07. The molecule has 0 saturated carbocycles. The van der Waals surface area contributed by atoms with Crippen LogP contribution in [0.3, 0.4) is 0 Å². The van der Waals surface area contributed by atoms with Crippen LogP contribution in [-0.2, 0) is 13.5 Å². The van der Waals surface area contributed by atoms with Gasteiger partial charge in [0.1, 0.15) is 5.82 Å². The molecule has 74 valence electrons. The minimum atomic E-state index is 0.397. The average molecular weight is 202 g/mol. The van der Waals surface area contributed by atoms with E-state index in [-0.39, 0.29) is 0 Å². The van der Waals surface area contributed by atoms with E-state index in [9.17, 15) is 0 Å². The largest absolute Gasteiger partial charge is 0.333 e. The van der Waals surface area contributed by atoms with Gasteiger partial charge in [0.25, 0.3) is 0 Å². The molecule has 0 saturated heterocycles. The van der Waals surface area contributed by atoms with Crippen molar-refractivity contribution in [2.75, 3.05) is 6.54 Å². The Morgan fingerprint density at radius 1 is 1.54 bits per heavy atom. The molecule has 0 aliphatic rings. The van der Waals surface area contributed by atoms with E-state index in [4.69, 9.17) is 17.3 Å². The van der Waals surface area contributed by atoms with E-state index in [1.165, 1.54) is 0 Å². The topological polar surface area (TPSA) is 43.8 Å². The molecule has 0 radical (unpaired) electrons. The zero-order valence-electron chi connectivity index (χ0n) is 8.34. The first-order valence-corrected chi connectivity index (χ1v) is 4.86. The second kappa shape index (κ2) is 4.11. The van der Waals surface area contributed by atoms with Crippen LogP contribution in [0.25, 0.3) is 0 Å². The molecule has 13 heavy (non-hydrogen) atoms. The number of aromatic nitrogens is 2. The fourth-order valence-electron chi connectivity index (χ4n) is 1.44. The third kappa shape index (κ3) is 2.03. The van der Waals surface area contributed by atoms with Crippen molar-refractivity contribution in [3.63, 3.8) is 0 Å². The summed E-state index contributed by atoms with van der Waals surface area (Å²) in [5, 5.41) is 0.594. The predicted molar refractivity (Wildman–Crippen MR) is 55.1 cm³/mol. The lowest BCUT2D eigenvalue weighted by Gasteiger charge is -2.06. The van der Waals surface area contributed by atoms with Crippen LogP contribution in [0, 0.1) is 0 Å². The van der Waals surface area contributed by atoms with E-state index in [1.807, 2.05) is 11.6 Å². The highest BCUT2D eigenvalue weighted by molar-refractivity contribution is 6.30. The van der Waals surface area contributed by atoms with E-state index >= 15 is 0 Å². The summed E-state index contributed by atoms with van der Waals surface area (Å²) in [5.41, 5.74) is 6.52. The Bertz CT molecular complexity index is 291. The number of nitrogens with two attached hydrogens (primary N) is 1. The predicted octanol–water partition coefficient (Wildman–Crippen LogP) is 1.70. The molecule has 0 aliphatic carbocycles. The van der Waals surface area contributed by atoms with Gasteiger partial charge in [0.2, 0.25) is 0 Å². The van der Waals surface area contributed by atoms with Crippen molar-refractivity contribution >= 4 is 11.6 Å². The van der Waals surface area contributed by atoms with Crippen molar-refractivity contribution in [3.8, 4) is 0 Å². The summed E-state index contributed by atoms with van der Waals surface area (Å²) in [5.74, 6) is 1.42. The highest BCUT2D eigenvalue weighted by atomic mass is 35.5. The molecule has 0 aromatic carbocycles. The molecule has 0 atom stereocenters. The number of imidazole rings is 1. The lowest BCUT2D eigenvalue weighted by molar-refractivity contribution is 0.686. The summed E-state index contributed by atoms with van der Waals surface area (Å²) in [6, 6.07) is 0. The number of nitrogens with zero attached hydrogens (tertiary/aromatic N) is 2. The Kier molecular flexibility index (Phi) is 3.33. The van der Waals surface area contributed by atoms with Crippen LogP contribution in [-0.4, -0.2) is 16.1 Å². The molecular formula is C9H16ClN3. The summed E-state index contributed by atoms with van der Waals surface area (Å²) in [7, 11) is 1.99. The van der Waals surface area contributed by atoms with E-state index in [1.54, 1.807) is 0 Å². The first-order valence-electron chi connectivity index (χ1n) is 4.49. The summed E-state index contributed by atoms with van der Waals surface area (Å²) in [6.45, 7) is 4.81. The molecule has 3 nitrogen and oxygen atoms in total. The number of hydrogen-bond acceptors (Lipinski definition) is 2. The Labute approximate surface area is 83.9 Å². The third-order valence-electron chi connectivity index (χ3n) is 2.10. The Morgan fingerprint density at radius 3 is 2.54 bits per heavy atom. The number of halogens is 1. The Morgan fingerprint density at radius 2 is 2.15 bits per heavy atom. The maximum Gasteiger partial charge on any atom is 0.150 e. The maximum absolute atomic E-state index is 5.99. The molecule has 1 rings (SSSR count). The normalized spacial score (nSPS) is 11.2. The lowest BCUT2D eigenvalue weighted by atomic mass is 10.2. The highest BCUT2D eigenvalue weighted by Crippen LogP contribution is 2.21. The van der Waals surface area contributed by atoms with Gasteiger partial charge in [0.05, 0.1) is 5.69 Å². The van der Waals surface area contributed by atoms with Crippen LogP contribution in [0.15, 0.2) is 0 Å². The summed E-state index contributed by atoms with van der Waals surface area (Å²) in [4.78, 5) is 4.30. The quantitative estimate of drug-likeness (QED) is 0.809. The van der Waals surface area contributed by atoms with Crippen LogP contribution in [0.1, 0.15) is 31.3 Å². The van der Waals surface area contributed by atoms with Crippen molar-refractivity contribution in [1.29, 1.82) is 0 Å². The van der Waals surface area contributed by atoms with Gasteiger partial charge in [0, 0.05) is 19.4 Å². The standard InChI is InChI=1S/C9H16ClN3/c1-6(2)9-12-8(10)7(4-5-11)13(9)3/h6H,4-5,11H2,1-3H3. The average Bonchev–Trinajstić information content (AvgIpc) is 2.32. The zero-order valence-corrected chi connectivity index (χ0v) is 9.10. The summed E-state index contributed by atoms with van der Waals surface area (Å²) in [6.07, 6.45) is 0.787. The fourth-order valence-corrected chi connectivity index (χ4v) is 1.75.